The first-order valence-electron chi connectivity index (χ1n) is 18.5. The first kappa shape index (κ1) is 31.9. The van der Waals surface area contributed by atoms with Crippen molar-refractivity contribution in [3.63, 3.8) is 0 Å². The standard InChI is InChI=1S/C51H32N2S2/c1-3-13-33(14-4-1)39-18-9-11-21-46(39)53(38-28-30-42-41-20-10-12-22-47(41)54-48(42)31-38)37-26-23-35(24-27-37)44-32-45-50(55-51(52-45)36-16-5-2-6-17-36)43-29-25-34-15-7-8-19-40(34)49(43)44/h1-32H. The quantitative estimate of drug-likeness (QED) is 0.158. The van der Waals surface area contributed by atoms with E-state index in [0.717, 1.165) is 38.7 Å². The molecule has 0 bridgehead atoms. The zero-order valence-corrected chi connectivity index (χ0v) is 31.3. The lowest BCUT2D eigenvalue weighted by Crippen LogP contribution is -2.11. The summed E-state index contributed by atoms with van der Waals surface area (Å²) in [6.07, 6.45) is 0. The number of thiazole rings is 1. The lowest BCUT2D eigenvalue weighted by Gasteiger charge is -2.28. The summed E-state index contributed by atoms with van der Waals surface area (Å²) in [6.45, 7) is 0. The minimum Gasteiger partial charge on any atom is -0.310 e. The second-order valence-corrected chi connectivity index (χ2v) is 16.0. The fourth-order valence-corrected chi connectivity index (χ4v) is 10.3. The number of para-hydroxylation sites is 1. The van der Waals surface area contributed by atoms with E-state index in [9.17, 15) is 0 Å². The van der Waals surface area contributed by atoms with Gasteiger partial charge >= 0.3 is 0 Å². The van der Waals surface area contributed by atoms with Gasteiger partial charge in [-0.05, 0) is 75.3 Å². The fraction of sp³-hybridized carbons (Fsp3) is 0. The molecule has 55 heavy (non-hydrogen) atoms. The van der Waals surface area contributed by atoms with Gasteiger partial charge in [0.15, 0.2) is 0 Å². The maximum absolute atomic E-state index is 5.21. The topological polar surface area (TPSA) is 16.1 Å². The molecule has 0 atom stereocenters. The molecule has 0 aliphatic rings. The molecule has 0 aliphatic carbocycles. The Kier molecular flexibility index (Phi) is 7.58. The van der Waals surface area contributed by atoms with Crippen LogP contribution in [0.25, 0.3) is 84.8 Å². The molecule has 11 aromatic rings. The first-order chi connectivity index (χ1) is 27.3. The number of thiophene rings is 1. The number of benzene rings is 9. The Balaban J connectivity index is 1.11. The molecule has 0 unspecified atom stereocenters. The highest BCUT2D eigenvalue weighted by atomic mass is 32.1. The Bertz CT molecular complexity index is 3200. The minimum absolute atomic E-state index is 1.03. The number of hydrogen-bond donors (Lipinski definition) is 0. The van der Waals surface area contributed by atoms with E-state index < -0.39 is 0 Å². The van der Waals surface area contributed by atoms with Crippen LogP contribution in [0.3, 0.4) is 0 Å². The Morgan fingerprint density at radius 1 is 0.400 bits per heavy atom. The number of aromatic nitrogens is 1. The Morgan fingerprint density at radius 2 is 1.04 bits per heavy atom. The molecule has 258 valence electrons. The maximum Gasteiger partial charge on any atom is 0.124 e. The van der Waals surface area contributed by atoms with Gasteiger partial charge in [-0.15, -0.1) is 22.7 Å². The molecule has 2 heterocycles. The summed E-state index contributed by atoms with van der Waals surface area (Å²) in [5.41, 5.74) is 10.3. The summed E-state index contributed by atoms with van der Waals surface area (Å²) in [7, 11) is 0. The Labute approximate surface area is 326 Å². The molecule has 0 N–H and O–H groups in total. The van der Waals surface area contributed by atoms with Crippen LogP contribution in [0.4, 0.5) is 17.1 Å². The average Bonchev–Trinajstić information content (AvgIpc) is 3.86. The second-order valence-electron chi connectivity index (χ2n) is 13.9. The molecule has 0 radical (unpaired) electrons. The molecule has 0 saturated carbocycles. The van der Waals surface area contributed by atoms with Crippen molar-refractivity contribution in [3.8, 4) is 32.8 Å². The van der Waals surface area contributed by atoms with Crippen LogP contribution in [-0.4, -0.2) is 4.98 Å². The molecular formula is C51H32N2S2. The number of fused-ring (bicyclic) bond motifs is 8. The molecule has 0 aliphatic heterocycles. The number of anilines is 3. The second kappa shape index (κ2) is 13.1. The van der Waals surface area contributed by atoms with Crippen molar-refractivity contribution >= 4 is 91.7 Å². The molecule has 9 aromatic carbocycles. The van der Waals surface area contributed by atoms with Crippen molar-refractivity contribution < 1.29 is 0 Å². The van der Waals surface area contributed by atoms with Crippen LogP contribution in [-0.2, 0) is 0 Å². The van der Waals surface area contributed by atoms with E-state index in [4.69, 9.17) is 4.98 Å². The van der Waals surface area contributed by atoms with Gasteiger partial charge in [0.2, 0.25) is 0 Å². The van der Waals surface area contributed by atoms with E-state index in [1.54, 1.807) is 11.3 Å². The maximum atomic E-state index is 5.21. The van der Waals surface area contributed by atoms with Crippen molar-refractivity contribution in [1.29, 1.82) is 0 Å². The van der Waals surface area contributed by atoms with Crippen molar-refractivity contribution in [1.82, 2.24) is 4.98 Å². The largest absolute Gasteiger partial charge is 0.310 e. The monoisotopic (exact) mass is 736 g/mol. The van der Waals surface area contributed by atoms with Crippen LogP contribution in [0.15, 0.2) is 194 Å². The lowest BCUT2D eigenvalue weighted by atomic mass is 9.93. The highest BCUT2D eigenvalue weighted by Crippen LogP contribution is 2.46. The van der Waals surface area contributed by atoms with Gasteiger partial charge < -0.3 is 4.90 Å². The third kappa shape index (κ3) is 5.41. The molecule has 2 aromatic heterocycles. The number of hydrogen-bond acceptors (Lipinski definition) is 4. The molecule has 0 saturated heterocycles. The van der Waals surface area contributed by atoms with Crippen LogP contribution in [0.2, 0.25) is 0 Å². The van der Waals surface area contributed by atoms with E-state index in [1.807, 2.05) is 11.3 Å². The van der Waals surface area contributed by atoms with Gasteiger partial charge in [0.25, 0.3) is 0 Å². The van der Waals surface area contributed by atoms with Gasteiger partial charge in [-0.25, -0.2) is 4.98 Å². The molecule has 0 spiro atoms. The third-order valence-electron chi connectivity index (χ3n) is 10.7. The van der Waals surface area contributed by atoms with E-state index >= 15 is 0 Å². The van der Waals surface area contributed by atoms with Crippen LogP contribution in [0, 0.1) is 0 Å². The van der Waals surface area contributed by atoms with E-state index in [1.165, 1.54) is 63.1 Å². The van der Waals surface area contributed by atoms with Gasteiger partial charge in [-0.2, -0.15) is 0 Å². The predicted molar refractivity (Wildman–Crippen MR) is 239 cm³/mol. The fourth-order valence-electron chi connectivity index (χ4n) is 8.12. The summed E-state index contributed by atoms with van der Waals surface area (Å²) in [5, 5.41) is 8.64. The van der Waals surface area contributed by atoms with E-state index in [2.05, 4.69) is 199 Å². The van der Waals surface area contributed by atoms with Gasteiger partial charge in [0.1, 0.15) is 5.01 Å². The highest BCUT2D eigenvalue weighted by Gasteiger charge is 2.20. The van der Waals surface area contributed by atoms with Crippen molar-refractivity contribution in [3.05, 3.63) is 194 Å². The summed E-state index contributed by atoms with van der Waals surface area (Å²) < 4.78 is 3.81. The van der Waals surface area contributed by atoms with Gasteiger partial charge in [0, 0.05) is 48.1 Å². The molecule has 4 heteroatoms. The van der Waals surface area contributed by atoms with Crippen LogP contribution < -0.4 is 4.90 Å². The highest BCUT2D eigenvalue weighted by molar-refractivity contribution is 7.25. The van der Waals surface area contributed by atoms with E-state index in [0.29, 0.717) is 0 Å². The van der Waals surface area contributed by atoms with Crippen LogP contribution in [0.5, 0.6) is 0 Å². The normalized spacial score (nSPS) is 11.6. The average molecular weight is 737 g/mol. The lowest BCUT2D eigenvalue weighted by molar-refractivity contribution is 1.29. The SMILES string of the molecule is c1ccc(-c2nc3cc(-c4ccc(N(c5ccc6c(c5)sc5ccccc56)c5ccccc5-c5ccccc5)cc4)c4c5ccccc5ccc4c3s2)cc1. The van der Waals surface area contributed by atoms with Crippen molar-refractivity contribution in [2.24, 2.45) is 0 Å². The minimum atomic E-state index is 1.03. The summed E-state index contributed by atoms with van der Waals surface area (Å²) in [6, 6.07) is 70.3. The van der Waals surface area contributed by atoms with Crippen LogP contribution in [0.1, 0.15) is 0 Å². The Morgan fingerprint density at radius 3 is 1.87 bits per heavy atom. The number of rotatable bonds is 6. The van der Waals surface area contributed by atoms with Gasteiger partial charge in [0.05, 0.1) is 15.9 Å². The van der Waals surface area contributed by atoms with Gasteiger partial charge in [-0.3, -0.25) is 0 Å². The zero-order chi connectivity index (χ0) is 36.3. The third-order valence-corrected chi connectivity index (χ3v) is 13.0. The first-order valence-corrected chi connectivity index (χ1v) is 20.2. The number of nitrogens with zero attached hydrogens (tertiary/aromatic N) is 2. The molecular weight excluding hydrogens is 705 g/mol. The van der Waals surface area contributed by atoms with Crippen molar-refractivity contribution in [2.45, 2.75) is 0 Å². The summed E-state index contributed by atoms with van der Waals surface area (Å²) >= 11 is 3.63. The molecule has 2 nitrogen and oxygen atoms in total. The van der Waals surface area contributed by atoms with Gasteiger partial charge in [-0.1, -0.05) is 152 Å². The predicted octanol–water partition coefficient (Wildman–Crippen LogP) is 15.4. The zero-order valence-electron chi connectivity index (χ0n) is 29.7. The van der Waals surface area contributed by atoms with Crippen molar-refractivity contribution in [2.75, 3.05) is 4.90 Å². The Hall–Kier alpha value is -6.59. The molecule has 0 fully saturated rings. The van der Waals surface area contributed by atoms with E-state index in [-0.39, 0.29) is 0 Å². The summed E-state index contributed by atoms with van der Waals surface area (Å²) in [4.78, 5) is 7.63. The van der Waals surface area contributed by atoms with Crippen LogP contribution >= 0.6 is 22.7 Å². The smallest absolute Gasteiger partial charge is 0.124 e. The molecule has 0 amide bonds. The summed E-state index contributed by atoms with van der Waals surface area (Å²) in [5.74, 6) is 0. The molecule has 11 rings (SSSR count).